The van der Waals surface area contributed by atoms with Crippen LogP contribution in [0.2, 0.25) is 0 Å². The molecule has 0 saturated carbocycles. The smallest absolute Gasteiger partial charge is 0.243 e. The molecule has 1 aliphatic rings. The lowest BCUT2D eigenvalue weighted by Gasteiger charge is -2.27. The third-order valence-corrected chi connectivity index (χ3v) is 5.83. The van der Waals surface area contributed by atoms with Crippen molar-refractivity contribution in [3.05, 3.63) is 29.1 Å². The number of hydrogen-bond acceptors (Lipinski definition) is 3. The van der Waals surface area contributed by atoms with Gasteiger partial charge in [0.05, 0.1) is 4.90 Å². The molecule has 7 heteroatoms. The summed E-state index contributed by atoms with van der Waals surface area (Å²) in [5.74, 6) is -0.335. The second-order valence-corrected chi connectivity index (χ2v) is 7.52. The summed E-state index contributed by atoms with van der Waals surface area (Å²) in [6, 6.07) is 2.85. The van der Waals surface area contributed by atoms with E-state index in [2.05, 4.69) is 5.32 Å². The van der Waals surface area contributed by atoms with Crippen LogP contribution in [0.4, 0.5) is 4.39 Å². The Morgan fingerprint density at radius 2 is 1.91 bits per heavy atom. The normalized spacial score (nSPS) is 18.5. The van der Waals surface area contributed by atoms with Crippen LogP contribution in [0.3, 0.4) is 0 Å². The van der Waals surface area contributed by atoms with Crippen molar-refractivity contribution in [1.29, 1.82) is 0 Å². The number of hydrogen-bond donors (Lipinski definition) is 1. The molecule has 0 amide bonds. The molecule has 0 radical (unpaired) electrons. The SMILES string of the molecule is CCCN(C1CCNC1)S(=O)(=O)c1cc(C)c(F)c(C)c1.Cl. The first-order valence-corrected chi connectivity index (χ1v) is 8.81. The average Bonchev–Trinajstić information content (AvgIpc) is 2.95. The van der Waals surface area contributed by atoms with E-state index >= 15 is 0 Å². The molecule has 0 aliphatic carbocycles. The van der Waals surface area contributed by atoms with Crippen LogP contribution in [0.25, 0.3) is 0 Å². The molecule has 0 bridgehead atoms. The monoisotopic (exact) mass is 350 g/mol. The minimum absolute atomic E-state index is 0. The van der Waals surface area contributed by atoms with Crippen molar-refractivity contribution in [2.24, 2.45) is 0 Å². The van der Waals surface area contributed by atoms with Crippen LogP contribution in [0, 0.1) is 19.7 Å². The summed E-state index contributed by atoms with van der Waals surface area (Å²) in [5, 5.41) is 3.20. The highest BCUT2D eigenvalue weighted by Gasteiger charge is 2.33. The number of sulfonamides is 1. The minimum atomic E-state index is -3.58. The second-order valence-electron chi connectivity index (χ2n) is 5.63. The highest BCUT2D eigenvalue weighted by atomic mass is 35.5. The maximum Gasteiger partial charge on any atom is 0.243 e. The fourth-order valence-electron chi connectivity index (χ4n) is 2.80. The molecule has 1 atom stereocenters. The third kappa shape index (κ3) is 3.79. The predicted octanol–water partition coefficient (Wildman–Crippen LogP) is 2.63. The number of rotatable bonds is 5. The Hall–Kier alpha value is -0.690. The van der Waals surface area contributed by atoms with E-state index in [4.69, 9.17) is 0 Å². The molecular weight excluding hydrogens is 327 g/mol. The Bertz CT molecular complexity index is 593. The zero-order chi connectivity index (χ0) is 15.6. The van der Waals surface area contributed by atoms with Gasteiger partial charge >= 0.3 is 0 Å². The van der Waals surface area contributed by atoms with Gasteiger partial charge in [-0.15, -0.1) is 12.4 Å². The molecule has 4 nitrogen and oxygen atoms in total. The van der Waals surface area contributed by atoms with Crippen LogP contribution in [0.15, 0.2) is 17.0 Å². The van der Waals surface area contributed by atoms with Gasteiger partial charge in [-0.25, -0.2) is 12.8 Å². The second kappa shape index (κ2) is 7.73. The summed E-state index contributed by atoms with van der Waals surface area (Å²) >= 11 is 0. The van der Waals surface area contributed by atoms with Gasteiger partial charge in [-0.2, -0.15) is 4.31 Å². The molecule has 22 heavy (non-hydrogen) atoms. The van der Waals surface area contributed by atoms with E-state index in [0.29, 0.717) is 24.2 Å². The number of nitrogens with one attached hydrogen (secondary N) is 1. The van der Waals surface area contributed by atoms with Crippen molar-refractivity contribution in [3.63, 3.8) is 0 Å². The van der Waals surface area contributed by atoms with E-state index in [9.17, 15) is 12.8 Å². The summed E-state index contributed by atoms with van der Waals surface area (Å²) < 4.78 is 41.1. The van der Waals surface area contributed by atoms with Crippen LogP contribution in [-0.4, -0.2) is 38.4 Å². The van der Waals surface area contributed by atoms with Gasteiger partial charge in [0, 0.05) is 19.1 Å². The molecule has 1 saturated heterocycles. The molecule has 1 fully saturated rings. The lowest BCUT2D eigenvalue weighted by Crippen LogP contribution is -2.42. The molecule has 0 aromatic heterocycles. The largest absolute Gasteiger partial charge is 0.315 e. The maximum absolute atomic E-state index is 13.7. The average molecular weight is 351 g/mol. The summed E-state index contributed by atoms with van der Waals surface area (Å²) in [6.45, 7) is 7.17. The van der Waals surface area contributed by atoms with Crippen molar-refractivity contribution in [2.45, 2.75) is 44.6 Å². The van der Waals surface area contributed by atoms with Gasteiger partial charge in [0.25, 0.3) is 0 Å². The maximum atomic E-state index is 13.7. The van der Waals surface area contributed by atoms with Crippen LogP contribution >= 0.6 is 12.4 Å². The number of benzene rings is 1. The first-order chi connectivity index (χ1) is 9.87. The van der Waals surface area contributed by atoms with E-state index in [1.807, 2.05) is 6.92 Å². The molecule has 1 aliphatic heterocycles. The minimum Gasteiger partial charge on any atom is -0.315 e. The lowest BCUT2D eigenvalue weighted by molar-refractivity contribution is 0.335. The van der Waals surface area contributed by atoms with E-state index in [1.54, 1.807) is 18.2 Å². The lowest BCUT2D eigenvalue weighted by atomic mass is 10.1. The Labute approximate surface area is 138 Å². The molecule has 0 spiro atoms. The van der Waals surface area contributed by atoms with Crippen molar-refractivity contribution >= 4 is 22.4 Å². The molecule has 2 rings (SSSR count). The molecular formula is C15H24ClFN2O2S. The van der Waals surface area contributed by atoms with Crippen LogP contribution in [0.5, 0.6) is 0 Å². The van der Waals surface area contributed by atoms with Crippen molar-refractivity contribution in [2.75, 3.05) is 19.6 Å². The summed E-state index contributed by atoms with van der Waals surface area (Å²) in [4.78, 5) is 0.194. The molecule has 1 aromatic rings. The predicted molar refractivity (Wildman–Crippen MR) is 88.6 cm³/mol. The zero-order valence-electron chi connectivity index (χ0n) is 13.2. The van der Waals surface area contributed by atoms with Crippen molar-refractivity contribution in [1.82, 2.24) is 9.62 Å². The van der Waals surface area contributed by atoms with Gasteiger partial charge in [-0.3, -0.25) is 0 Å². The standard InChI is InChI=1S/C15H23FN2O2S.ClH/c1-4-7-18(13-5-6-17-10-13)21(19,20)14-8-11(2)15(16)12(3)9-14;/h8-9,13,17H,4-7,10H2,1-3H3;1H. The summed E-state index contributed by atoms with van der Waals surface area (Å²) in [7, 11) is -3.58. The van der Waals surface area contributed by atoms with E-state index in [0.717, 1.165) is 19.4 Å². The summed E-state index contributed by atoms with van der Waals surface area (Å²) in [5.41, 5.74) is 0.740. The summed E-state index contributed by atoms with van der Waals surface area (Å²) in [6.07, 6.45) is 1.58. The Morgan fingerprint density at radius 3 is 2.36 bits per heavy atom. The highest BCUT2D eigenvalue weighted by molar-refractivity contribution is 7.89. The Morgan fingerprint density at radius 1 is 1.32 bits per heavy atom. The first kappa shape index (κ1) is 19.4. The van der Waals surface area contributed by atoms with Crippen molar-refractivity contribution < 1.29 is 12.8 Å². The van der Waals surface area contributed by atoms with Crippen molar-refractivity contribution in [3.8, 4) is 0 Å². The van der Waals surface area contributed by atoms with Gasteiger partial charge in [-0.05, 0) is 56.5 Å². The number of nitrogens with zero attached hydrogens (tertiary/aromatic N) is 1. The van der Waals surface area contributed by atoms with Gasteiger partial charge in [0.15, 0.2) is 0 Å². The first-order valence-electron chi connectivity index (χ1n) is 7.37. The number of aryl methyl sites for hydroxylation is 2. The van der Waals surface area contributed by atoms with Crippen LogP contribution in [-0.2, 0) is 10.0 Å². The van der Waals surface area contributed by atoms with Gasteiger partial charge in [0.1, 0.15) is 5.82 Å². The van der Waals surface area contributed by atoms with E-state index < -0.39 is 10.0 Å². The Kier molecular flexibility index (Phi) is 6.80. The third-order valence-electron chi connectivity index (χ3n) is 3.90. The zero-order valence-corrected chi connectivity index (χ0v) is 14.9. The molecule has 1 N–H and O–H groups in total. The fourth-order valence-corrected chi connectivity index (χ4v) is 4.71. The molecule has 1 aromatic carbocycles. The van der Waals surface area contributed by atoms with Gasteiger partial charge in [0.2, 0.25) is 10.0 Å². The molecule has 1 heterocycles. The van der Waals surface area contributed by atoms with Gasteiger partial charge in [-0.1, -0.05) is 6.92 Å². The van der Waals surface area contributed by atoms with E-state index in [1.165, 1.54) is 12.1 Å². The number of halogens is 2. The van der Waals surface area contributed by atoms with Crippen LogP contribution < -0.4 is 5.32 Å². The quantitative estimate of drug-likeness (QED) is 0.888. The Balaban J connectivity index is 0.00000242. The fraction of sp³-hybridized carbons (Fsp3) is 0.600. The van der Waals surface area contributed by atoms with Gasteiger partial charge < -0.3 is 5.32 Å². The highest BCUT2D eigenvalue weighted by Crippen LogP contribution is 2.25. The van der Waals surface area contributed by atoms with Crippen LogP contribution in [0.1, 0.15) is 30.9 Å². The molecule has 1 unspecified atom stereocenters. The van der Waals surface area contributed by atoms with E-state index in [-0.39, 0.29) is 29.2 Å². The topological polar surface area (TPSA) is 49.4 Å². The molecule has 126 valence electrons.